The normalized spacial score (nSPS) is 0. The Kier molecular flexibility index (Phi) is 1010. The van der Waals surface area contributed by atoms with Crippen LogP contribution in [0.25, 0.3) is 0 Å². The summed E-state index contributed by atoms with van der Waals surface area (Å²) in [5.74, 6) is 0. The molecular weight excluding hydrogens is 504 g/mol. The topological polar surface area (TPSA) is 0 Å². The van der Waals surface area contributed by atoms with E-state index in [4.69, 9.17) is 0 Å². The number of rotatable bonds is 0. The van der Waals surface area contributed by atoms with Crippen LogP contribution in [0.3, 0.4) is 0 Å². The van der Waals surface area contributed by atoms with Gasteiger partial charge in [-0.25, -0.2) is 0 Å². The molecule has 11 heavy (non-hydrogen) atoms. The molecule has 0 aromatic heterocycles. The standard InChI is InChI=1S/8Al.3Mo. The molecule has 0 heterocycles. The Labute approximate surface area is 198 Å². The Balaban J connectivity index is 0. The molecular formula is Al8Mo3. The average molecular weight is 504 g/mol. The zero-order chi connectivity index (χ0) is 0. The molecule has 0 amide bonds. The van der Waals surface area contributed by atoms with Crippen molar-refractivity contribution in [1.29, 1.82) is 0 Å². The van der Waals surface area contributed by atoms with Crippen LogP contribution in [0.15, 0.2) is 0 Å². The van der Waals surface area contributed by atoms with E-state index in [9.17, 15) is 0 Å². The molecule has 24 radical (unpaired) electrons. The van der Waals surface area contributed by atoms with Gasteiger partial charge in [0.25, 0.3) is 0 Å². The van der Waals surface area contributed by atoms with Crippen LogP contribution in [0.5, 0.6) is 0 Å². The molecule has 0 saturated carbocycles. The summed E-state index contributed by atoms with van der Waals surface area (Å²) in [6.45, 7) is 0. The van der Waals surface area contributed by atoms with Crippen molar-refractivity contribution in [2.75, 3.05) is 0 Å². The van der Waals surface area contributed by atoms with Gasteiger partial charge in [0.15, 0.2) is 0 Å². The van der Waals surface area contributed by atoms with Crippen molar-refractivity contribution < 1.29 is 63.2 Å². The van der Waals surface area contributed by atoms with Crippen LogP contribution in [0.2, 0.25) is 0 Å². The maximum atomic E-state index is 0. The zero-order valence-corrected chi connectivity index (χ0v) is 21.1. The van der Waals surface area contributed by atoms with E-state index in [1.54, 1.807) is 0 Å². The van der Waals surface area contributed by atoms with E-state index in [2.05, 4.69) is 0 Å². The van der Waals surface area contributed by atoms with Crippen molar-refractivity contribution >= 4 is 139 Å². The molecule has 0 atom stereocenters. The first-order chi connectivity index (χ1) is 0. The van der Waals surface area contributed by atoms with E-state index >= 15 is 0 Å². The molecule has 0 aliphatic carbocycles. The quantitative estimate of drug-likeness (QED) is 0.308. The fraction of sp³-hybridized carbons (Fsp3) is 0. The van der Waals surface area contributed by atoms with Crippen LogP contribution in [0.4, 0.5) is 0 Å². The molecule has 0 saturated heterocycles. The van der Waals surface area contributed by atoms with Crippen LogP contribution in [-0.2, 0) is 63.2 Å². The monoisotopic (exact) mass is 510 g/mol. The SMILES string of the molecule is [Al].[Al].[Al].[Al].[Al].[Al].[Al].[Al].[Mo].[Mo].[Mo]. The molecule has 42 valence electrons. The van der Waals surface area contributed by atoms with E-state index < -0.39 is 0 Å². The molecule has 0 spiro atoms. The van der Waals surface area contributed by atoms with Crippen molar-refractivity contribution in [3.8, 4) is 0 Å². The Morgan fingerprint density at radius 1 is 0.182 bits per heavy atom. The number of hydrogen-bond acceptors (Lipinski definition) is 0. The minimum Gasteiger partial charge on any atom is 0 e. The molecule has 0 fully saturated rings. The van der Waals surface area contributed by atoms with E-state index in [1.807, 2.05) is 0 Å². The molecule has 0 aliphatic heterocycles. The van der Waals surface area contributed by atoms with Gasteiger partial charge in [0.2, 0.25) is 0 Å². The predicted octanol–water partition coefficient (Wildman–Crippen LogP) is -3.05. The van der Waals surface area contributed by atoms with Crippen LogP contribution in [0.1, 0.15) is 0 Å². The smallest absolute Gasteiger partial charge is 0 e. The van der Waals surface area contributed by atoms with Gasteiger partial charge in [-0.05, 0) is 0 Å². The third kappa shape index (κ3) is 83.7. The molecule has 0 rings (SSSR count). The minimum absolute atomic E-state index is 0. The van der Waals surface area contributed by atoms with E-state index in [0.29, 0.717) is 0 Å². The first kappa shape index (κ1) is 115. The van der Waals surface area contributed by atoms with Crippen LogP contribution in [-0.4, -0.2) is 139 Å². The van der Waals surface area contributed by atoms with E-state index in [0.717, 1.165) is 0 Å². The van der Waals surface area contributed by atoms with Gasteiger partial charge in [0.05, 0.1) is 0 Å². The first-order valence-electron chi connectivity index (χ1n) is 0. The molecule has 0 nitrogen and oxygen atoms in total. The van der Waals surface area contributed by atoms with Crippen molar-refractivity contribution in [3.63, 3.8) is 0 Å². The Morgan fingerprint density at radius 3 is 0.182 bits per heavy atom. The summed E-state index contributed by atoms with van der Waals surface area (Å²) in [6.07, 6.45) is 0. The minimum atomic E-state index is 0. The Morgan fingerprint density at radius 2 is 0.182 bits per heavy atom. The van der Waals surface area contributed by atoms with Gasteiger partial charge in [-0.1, -0.05) is 0 Å². The largest absolute Gasteiger partial charge is 0 e. The summed E-state index contributed by atoms with van der Waals surface area (Å²) in [5, 5.41) is 0. The van der Waals surface area contributed by atoms with Crippen LogP contribution in [0, 0.1) is 0 Å². The summed E-state index contributed by atoms with van der Waals surface area (Å²) in [5.41, 5.74) is 0. The summed E-state index contributed by atoms with van der Waals surface area (Å²) >= 11 is 0. The average Bonchev–Trinajstić information content (AvgIpc) is 0. The van der Waals surface area contributed by atoms with Gasteiger partial charge in [0.1, 0.15) is 0 Å². The van der Waals surface area contributed by atoms with Crippen molar-refractivity contribution in [3.05, 3.63) is 0 Å². The number of hydrogen-bond donors (Lipinski definition) is 0. The molecule has 11 heteroatoms. The molecule has 0 unspecified atom stereocenters. The van der Waals surface area contributed by atoms with Crippen LogP contribution < -0.4 is 0 Å². The third-order valence-electron chi connectivity index (χ3n) is 0. The van der Waals surface area contributed by atoms with Gasteiger partial charge < -0.3 is 0 Å². The van der Waals surface area contributed by atoms with Gasteiger partial charge in [-0.15, -0.1) is 0 Å². The summed E-state index contributed by atoms with van der Waals surface area (Å²) in [4.78, 5) is 0. The maximum absolute atomic E-state index is 0. The second-order valence-corrected chi connectivity index (χ2v) is 0. The third-order valence-corrected chi connectivity index (χ3v) is 0. The van der Waals surface area contributed by atoms with Crippen molar-refractivity contribution in [2.24, 2.45) is 0 Å². The second-order valence-electron chi connectivity index (χ2n) is 0. The van der Waals surface area contributed by atoms with Gasteiger partial charge >= 0.3 is 0 Å². The fourth-order valence-electron chi connectivity index (χ4n) is 0. The van der Waals surface area contributed by atoms with Crippen molar-refractivity contribution in [1.82, 2.24) is 0 Å². The summed E-state index contributed by atoms with van der Waals surface area (Å²) in [6, 6.07) is 0. The van der Waals surface area contributed by atoms with Crippen molar-refractivity contribution in [2.45, 2.75) is 0 Å². The van der Waals surface area contributed by atoms with Gasteiger partial charge in [0, 0.05) is 202 Å². The molecule has 0 bridgehead atoms. The molecule has 0 aromatic rings. The second kappa shape index (κ2) is 95.8. The molecule has 0 aromatic carbocycles. The summed E-state index contributed by atoms with van der Waals surface area (Å²) in [7, 11) is 0. The first-order valence-corrected chi connectivity index (χ1v) is 0. The van der Waals surface area contributed by atoms with E-state index in [-0.39, 0.29) is 202 Å². The maximum Gasteiger partial charge on any atom is 0 e. The van der Waals surface area contributed by atoms with Gasteiger partial charge in [-0.3, -0.25) is 0 Å². The molecule has 0 N–H and O–H groups in total. The van der Waals surface area contributed by atoms with Gasteiger partial charge in [-0.2, -0.15) is 0 Å². The van der Waals surface area contributed by atoms with E-state index in [1.165, 1.54) is 0 Å². The molecule has 0 aliphatic rings. The zero-order valence-electron chi connectivity index (χ0n) is 5.84. The predicted molar refractivity (Wildman–Crippen MR) is 46.0 cm³/mol. The summed E-state index contributed by atoms with van der Waals surface area (Å²) < 4.78 is 0. The Bertz CT molecular complexity index is 9.30. The Hall–Kier alpha value is 6.32. The fourth-order valence-corrected chi connectivity index (χ4v) is 0. The van der Waals surface area contributed by atoms with Crippen LogP contribution >= 0.6 is 0 Å².